The van der Waals surface area contributed by atoms with Crippen LogP contribution in [0, 0.1) is 0 Å². The Kier molecular flexibility index (Phi) is 3.94. The van der Waals surface area contributed by atoms with Gasteiger partial charge in [-0.15, -0.1) is 0 Å². The topological polar surface area (TPSA) is 87.8 Å². The van der Waals surface area contributed by atoms with Gasteiger partial charge in [0.15, 0.2) is 0 Å². The van der Waals surface area contributed by atoms with E-state index in [-0.39, 0.29) is 11.6 Å². The molecule has 0 radical (unpaired) electrons. The Morgan fingerprint density at radius 2 is 2.09 bits per heavy atom. The van der Waals surface area contributed by atoms with Gasteiger partial charge in [0.05, 0.1) is 0 Å². The van der Waals surface area contributed by atoms with Crippen LogP contribution in [0.3, 0.4) is 0 Å². The van der Waals surface area contributed by atoms with Gasteiger partial charge in [0.1, 0.15) is 11.6 Å². The van der Waals surface area contributed by atoms with E-state index in [0.717, 1.165) is 4.31 Å². The molecule has 1 aliphatic rings. The molecule has 1 saturated heterocycles. The standard InChI is InChI=1S/C15H17NO5S2/c1-15(2)13(14(17)18)16(7-8-22-15)23(19,20)12-9-10-5-3-4-6-11(10)21-12/h3-6,9,13H,7-8H2,1-2H3,(H,17,18). The Morgan fingerprint density at radius 1 is 1.39 bits per heavy atom. The van der Waals surface area contributed by atoms with Gasteiger partial charge in [0, 0.05) is 28.5 Å². The summed E-state index contributed by atoms with van der Waals surface area (Å²) in [6.45, 7) is 3.64. The zero-order chi connectivity index (χ0) is 16.8. The maximum atomic E-state index is 12.9. The van der Waals surface area contributed by atoms with Crippen molar-refractivity contribution in [3.8, 4) is 0 Å². The van der Waals surface area contributed by atoms with Crippen molar-refractivity contribution in [2.75, 3.05) is 12.3 Å². The summed E-state index contributed by atoms with van der Waals surface area (Å²) in [6, 6.07) is 7.28. The number of thioether (sulfide) groups is 1. The smallest absolute Gasteiger partial charge is 0.323 e. The third-order valence-electron chi connectivity index (χ3n) is 3.93. The van der Waals surface area contributed by atoms with E-state index >= 15 is 0 Å². The lowest BCUT2D eigenvalue weighted by atomic mass is 10.0. The second-order valence-electron chi connectivity index (χ2n) is 5.91. The number of carbonyl (C=O) groups is 1. The van der Waals surface area contributed by atoms with E-state index in [2.05, 4.69) is 0 Å². The molecular weight excluding hydrogens is 338 g/mol. The van der Waals surface area contributed by atoms with Crippen LogP contribution in [0.1, 0.15) is 13.8 Å². The van der Waals surface area contributed by atoms with E-state index in [4.69, 9.17) is 4.42 Å². The SMILES string of the molecule is CC1(C)SCCN(S(=O)(=O)c2cc3ccccc3o2)C1C(=O)O. The number of sulfonamides is 1. The van der Waals surface area contributed by atoms with E-state index in [1.807, 2.05) is 0 Å². The highest BCUT2D eigenvalue weighted by molar-refractivity contribution is 8.00. The molecule has 0 bridgehead atoms. The van der Waals surface area contributed by atoms with E-state index in [1.54, 1.807) is 38.1 Å². The average molecular weight is 355 g/mol. The maximum absolute atomic E-state index is 12.9. The molecule has 1 atom stereocenters. The lowest BCUT2D eigenvalue weighted by Gasteiger charge is -2.41. The molecule has 2 aromatic rings. The Bertz CT molecular complexity index is 823. The van der Waals surface area contributed by atoms with Crippen molar-refractivity contribution < 1.29 is 22.7 Å². The van der Waals surface area contributed by atoms with Crippen LogP contribution >= 0.6 is 11.8 Å². The molecule has 0 amide bonds. The number of nitrogens with zero attached hydrogens (tertiary/aromatic N) is 1. The Hall–Kier alpha value is -1.51. The van der Waals surface area contributed by atoms with Crippen molar-refractivity contribution in [2.45, 2.75) is 29.7 Å². The third-order valence-corrected chi connectivity index (χ3v) is 7.01. The molecule has 1 fully saturated rings. The molecule has 23 heavy (non-hydrogen) atoms. The highest BCUT2D eigenvalue weighted by atomic mass is 32.2. The summed E-state index contributed by atoms with van der Waals surface area (Å²) in [5.74, 6) is -0.613. The second kappa shape index (κ2) is 5.54. The van der Waals surface area contributed by atoms with Crippen LogP contribution in [0.25, 0.3) is 11.0 Å². The molecule has 1 aliphatic heterocycles. The number of hydrogen-bond donors (Lipinski definition) is 1. The molecule has 1 unspecified atom stereocenters. The quantitative estimate of drug-likeness (QED) is 0.910. The van der Waals surface area contributed by atoms with Crippen molar-refractivity contribution in [2.24, 2.45) is 0 Å². The highest BCUT2D eigenvalue weighted by Gasteiger charge is 2.49. The summed E-state index contributed by atoms with van der Waals surface area (Å²) in [4.78, 5) is 11.7. The van der Waals surface area contributed by atoms with Gasteiger partial charge in [-0.1, -0.05) is 18.2 Å². The van der Waals surface area contributed by atoms with E-state index < -0.39 is 26.8 Å². The molecule has 3 rings (SSSR count). The van der Waals surface area contributed by atoms with Crippen LogP contribution in [0.5, 0.6) is 0 Å². The lowest BCUT2D eigenvalue weighted by Crippen LogP contribution is -2.58. The minimum absolute atomic E-state index is 0.143. The Labute approximate surface area is 138 Å². The first-order valence-corrected chi connectivity index (χ1v) is 9.53. The van der Waals surface area contributed by atoms with Gasteiger partial charge in [0.2, 0.25) is 5.09 Å². The molecule has 6 nitrogen and oxygen atoms in total. The molecule has 124 valence electrons. The predicted octanol–water partition coefficient (Wildman–Crippen LogP) is 2.40. The van der Waals surface area contributed by atoms with Crippen molar-refractivity contribution >= 4 is 38.7 Å². The number of aliphatic carboxylic acids is 1. The fourth-order valence-corrected chi connectivity index (χ4v) is 5.88. The fourth-order valence-electron chi connectivity index (χ4n) is 2.83. The first-order valence-electron chi connectivity index (χ1n) is 7.11. The van der Waals surface area contributed by atoms with Gasteiger partial charge in [-0.3, -0.25) is 4.79 Å². The number of benzene rings is 1. The molecule has 0 spiro atoms. The van der Waals surface area contributed by atoms with Crippen LogP contribution in [0.15, 0.2) is 39.8 Å². The van der Waals surface area contributed by atoms with E-state index in [1.165, 1.54) is 17.8 Å². The summed E-state index contributed by atoms with van der Waals surface area (Å²) in [5, 5.41) is 10.00. The van der Waals surface area contributed by atoms with Crippen molar-refractivity contribution in [3.63, 3.8) is 0 Å². The first-order chi connectivity index (χ1) is 10.7. The predicted molar refractivity (Wildman–Crippen MR) is 88.1 cm³/mol. The summed E-state index contributed by atoms with van der Waals surface area (Å²) in [5.41, 5.74) is 0.462. The minimum Gasteiger partial charge on any atom is -0.480 e. The number of para-hydroxylation sites is 1. The van der Waals surface area contributed by atoms with Crippen LogP contribution in [0.2, 0.25) is 0 Å². The van der Waals surface area contributed by atoms with E-state index in [9.17, 15) is 18.3 Å². The third kappa shape index (κ3) is 2.75. The summed E-state index contributed by atoms with van der Waals surface area (Å²) < 4.78 is 31.6. The number of rotatable bonds is 3. The van der Waals surface area contributed by atoms with Gasteiger partial charge >= 0.3 is 5.97 Å². The minimum atomic E-state index is -4.02. The molecule has 8 heteroatoms. The molecular formula is C15H17NO5S2. The van der Waals surface area contributed by atoms with Gasteiger partial charge in [-0.2, -0.15) is 16.1 Å². The monoisotopic (exact) mass is 355 g/mol. The zero-order valence-corrected chi connectivity index (χ0v) is 14.4. The molecule has 1 N–H and O–H groups in total. The summed E-state index contributed by atoms with van der Waals surface area (Å²) >= 11 is 1.46. The molecule has 2 heterocycles. The normalized spacial score (nSPS) is 22.3. The van der Waals surface area contributed by atoms with E-state index in [0.29, 0.717) is 16.7 Å². The number of carboxylic acids is 1. The number of fused-ring (bicyclic) bond motifs is 1. The van der Waals surface area contributed by atoms with Gasteiger partial charge in [-0.25, -0.2) is 8.42 Å². The Balaban J connectivity index is 2.08. The van der Waals surface area contributed by atoms with Crippen molar-refractivity contribution in [1.82, 2.24) is 4.31 Å². The van der Waals surface area contributed by atoms with Crippen LogP contribution in [-0.2, 0) is 14.8 Å². The maximum Gasteiger partial charge on any atom is 0.323 e. The van der Waals surface area contributed by atoms with Crippen LogP contribution < -0.4 is 0 Å². The summed E-state index contributed by atoms with van der Waals surface area (Å²) in [6.07, 6.45) is 0. The van der Waals surface area contributed by atoms with Crippen molar-refractivity contribution in [1.29, 1.82) is 0 Å². The number of carboxylic acid groups (broad SMARTS) is 1. The first kappa shape index (κ1) is 16.4. The lowest BCUT2D eigenvalue weighted by molar-refractivity contribution is -0.142. The van der Waals surface area contributed by atoms with Crippen LogP contribution in [0.4, 0.5) is 0 Å². The van der Waals surface area contributed by atoms with Gasteiger partial charge in [0.25, 0.3) is 10.0 Å². The largest absolute Gasteiger partial charge is 0.480 e. The highest BCUT2D eigenvalue weighted by Crippen LogP contribution is 2.39. The molecule has 1 aromatic heterocycles. The average Bonchev–Trinajstić information content (AvgIpc) is 2.90. The number of hydrogen-bond acceptors (Lipinski definition) is 5. The van der Waals surface area contributed by atoms with Crippen molar-refractivity contribution in [3.05, 3.63) is 30.3 Å². The Morgan fingerprint density at radius 3 is 2.74 bits per heavy atom. The fraction of sp³-hybridized carbons (Fsp3) is 0.400. The summed E-state index contributed by atoms with van der Waals surface area (Å²) in [7, 11) is -4.02. The molecule has 0 saturated carbocycles. The zero-order valence-electron chi connectivity index (χ0n) is 12.7. The molecule has 0 aliphatic carbocycles. The molecule has 1 aromatic carbocycles. The van der Waals surface area contributed by atoms with Crippen LogP contribution in [-0.4, -0.2) is 46.9 Å². The number of furan rings is 1. The van der Waals surface area contributed by atoms with Gasteiger partial charge in [-0.05, 0) is 19.9 Å². The second-order valence-corrected chi connectivity index (χ2v) is 9.48. The van der Waals surface area contributed by atoms with Gasteiger partial charge < -0.3 is 9.52 Å².